The Morgan fingerprint density at radius 2 is 1.77 bits per heavy atom. The molecule has 0 fully saturated rings. The third-order valence-corrected chi connectivity index (χ3v) is 5.35. The smallest absolute Gasteiger partial charge is 0.132 e. The second kappa shape index (κ2) is 6.53. The molecule has 1 heterocycles. The second-order valence-corrected chi connectivity index (χ2v) is 7.20. The van der Waals surface area contributed by atoms with Crippen LogP contribution in [0.2, 0.25) is 0 Å². The van der Waals surface area contributed by atoms with E-state index in [9.17, 15) is 0 Å². The van der Waals surface area contributed by atoms with E-state index in [0.717, 1.165) is 35.1 Å². The summed E-state index contributed by atoms with van der Waals surface area (Å²) in [5.41, 5.74) is 3.30. The van der Waals surface area contributed by atoms with Gasteiger partial charge >= 0.3 is 0 Å². The zero-order valence-corrected chi connectivity index (χ0v) is 15.4. The van der Waals surface area contributed by atoms with E-state index >= 15 is 0 Å². The van der Waals surface area contributed by atoms with Crippen LogP contribution in [0.25, 0.3) is 10.8 Å². The Morgan fingerprint density at radius 3 is 2.50 bits per heavy atom. The van der Waals surface area contributed by atoms with Gasteiger partial charge in [0.1, 0.15) is 23.7 Å². The first-order valence-corrected chi connectivity index (χ1v) is 9.15. The van der Waals surface area contributed by atoms with Crippen LogP contribution in [0.1, 0.15) is 30.0 Å². The van der Waals surface area contributed by atoms with Gasteiger partial charge in [-0.25, -0.2) is 0 Å². The van der Waals surface area contributed by atoms with E-state index in [4.69, 9.17) is 9.47 Å². The van der Waals surface area contributed by atoms with Gasteiger partial charge in [-0.2, -0.15) is 0 Å². The average molecular weight is 344 g/mol. The van der Waals surface area contributed by atoms with Crippen molar-refractivity contribution >= 4 is 10.8 Å². The fourth-order valence-corrected chi connectivity index (χ4v) is 3.69. The predicted molar refractivity (Wildman–Crippen MR) is 107 cm³/mol. The highest BCUT2D eigenvalue weighted by Crippen LogP contribution is 2.46. The maximum atomic E-state index is 6.41. The molecule has 3 aromatic rings. The Morgan fingerprint density at radius 1 is 1.08 bits per heavy atom. The topological polar surface area (TPSA) is 18.5 Å². The van der Waals surface area contributed by atoms with Crippen molar-refractivity contribution in [2.45, 2.75) is 38.9 Å². The van der Waals surface area contributed by atoms with Gasteiger partial charge in [0.2, 0.25) is 0 Å². The van der Waals surface area contributed by atoms with Crippen LogP contribution in [0.3, 0.4) is 0 Å². The Hall–Kier alpha value is -2.74. The van der Waals surface area contributed by atoms with Crippen molar-refractivity contribution in [1.29, 1.82) is 0 Å². The third-order valence-electron chi connectivity index (χ3n) is 5.35. The van der Waals surface area contributed by atoms with Crippen LogP contribution in [0.5, 0.6) is 11.5 Å². The van der Waals surface area contributed by atoms with Gasteiger partial charge in [0.25, 0.3) is 0 Å². The summed E-state index contributed by atoms with van der Waals surface area (Å²) in [5.74, 6) is 1.95. The van der Waals surface area contributed by atoms with E-state index in [1.165, 1.54) is 16.7 Å². The minimum absolute atomic E-state index is 0.311. The minimum Gasteiger partial charge on any atom is -0.488 e. The molecule has 0 radical (unpaired) electrons. The standard InChI is InChI=1S/C24H24O2/c1-4-24(3)15-14-19-17(2)22(25-16-18-10-6-5-7-11-18)20-12-8-9-13-21(20)23(19)26-24/h4-13H,1,14-16H2,2-3H3/t24-/m1/s1. The van der Waals surface area contributed by atoms with Crippen molar-refractivity contribution < 1.29 is 9.47 Å². The summed E-state index contributed by atoms with van der Waals surface area (Å²) >= 11 is 0. The van der Waals surface area contributed by atoms with E-state index in [0.29, 0.717) is 6.61 Å². The molecule has 3 aromatic carbocycles. The minimum atomic E-state index is -0.311. The van der Waals surface area contributed by atoms with Crippen molar-refractivity contribution in [2.24, 2.45) is 0 Å². The van der Waals surface area contributed by atoms with Gasteiger partial charge in [-0.1, -0.05) is 61.2 Å². The van der Waals surface area contributed by atoms with E-state index in [1.807, 2.05) is 24.3 Å². The van der Waals surface area contributed by atoms with Crippen molar-refractivity contribution in [3.8, 4) is 11.5 Å². The molecule has 0 N–H and O–H groups in total. The molecule has 0 amide bonds. The van der Waals surface area contributed by atoms with E-state index < -0.39 is 0 Å². The van der Waals surface area contributed by atoms with Crippen molar-refractivity contribution in [3.63, 3.8) is 0 Å². The Bertz CT molecular complexity index is 959. The molecule has 1 aliphatic heterocycles. The molecule has 0 saturated heterocycles. The third kappa shape index (κ3) is 2.86. The molecule has 2 nitrogen and oxygen atoms in total. The first kappa shape index (κ1) is 16.7. The number of hydrogen-bond acceptors (Lipinski definition) is 2. The van der Waals surface area contributed by atoms with Crippen LogP contribution in [-0.2, 0) is 13.0 Å². The highest BCUT2D eigenvalue weighted by Gasteiger charge is 2.32. The molecule has 132 valence electrons. The molecule has 0 aliphatic carbocycles. The first-order chi connectivity index (χ1) is 12.6. The van der Waals surface area contributed by atoms with Gasteiger partial charge in [0, 0.05) is 16.3 Å². The normalized spacial score (nSPS) is 18.8. The summed E-state index contributed by atoms with van der Waals surface area (Å²) in [6, 6.07) is 18.6. The molecular formula is C24H24O2. The van der Waals surface area contributed by atoms with Gasteiger partial charge in [0.05, 0.1) is 0 Å². The van der Waals surface area contributed by atoms with Gasteiger partial charge in [-0.3, -0.25) is 0 Å². The summed E-state index contributed by atoms with van der Waals surface area (Å²) in [4.78, 5) is 0. The number of ether oxygens (including phenoxy) is 2. The van der Waals surface area contributed by atoms with Crippen LogP contribution in [-0.4, -0.2) is 5.60 Å². The van der Waals surface area contributed by atoms with Gasteiger partial charge in [-0.05, 0) is 43.9 Å². The van der Waals surface area contributed by atoms with Crippen molar-refractivity contribution in [1.82, 2.24) is 0 Å². The predicted octanol–water partition coefficient (Wildman–Crippen LogP) is 6.00. The molecular weight excluding hydrogens is 320 g/mol. The highest BCUT2D eigenvalue weighted by atomic mass is 16.5. The molecule has 2 heteroatoms. The summed E-state index contributed by atoms with van der Waals surface area (Å²) in [6.07, 6.45) is 3.82. The summed E-state index contributed by atoms with van der Waals surface area (Å²) in [6.45, 7) is 8.78. The maximum Gasteiger partial charge on any atom is 0.132 e. The lowest BCUT2D eigenvalue weighted by atomic mass is 9.88. The van der Waals surface area contributed by atoms with E-state index in [1.54, 1.807) is 0 Å². The molecule has 26 heavy (non-hydrogen) atoms. The lowest BCUT2D eigenvalue weighted by Gasteiger charge is -2.35. The Labute approximate surface area is 155 Å². The van der Waals surface area contributed by atoms with Crippen LogP contribution in [0.4, 0.5) is 0 Å². The van der Waals surface area contributed by atoms with Crippen molar-refractivity contribution in [3.05, 3.63) is 83.9 Å². The molecule has 0 bridgehead atoms. The zero-order valence-electron chi connectivity index (χ0n) is 15.4. The summed E-state index contributed by atoms with van der Waals surface area (Å²) < 4.78 is 12.7. The van der Waals surface area contributed by atoms with Gasteiger partial charge in [-0.15, -0.1) is 0 Å². The SMILES string of the molecule is C=C[C@]1(C)CCc2c(C)c(OCc3ccccc3)c3ccccc3c2O1. The first-order valence-electron chi connectivity index (χ1n) is 9.15. The van der Waals surface area contributed by atoms with E-state index in [-0.39, 0.29) is 5.60 Å². The van der Waals surface area contributed by atoms with Crippen molar-refractivity contribution in [2.75, 3.05) is 0 Å². The lowest BCUT2D eigenvalue weighted by molar-refractivity contribution is 0.116. The second-order valence-electron chi connectivity index (χ2n) is 7.20. The molecule has 1 atom stereocenters. The monoisotopic (exact) mass is 344 g/mol. The van der Waals surface area contributed by atoms with Crippen LogP contribution >= 0.6 is 0 Å². The maximum absolute atomic E-state index is 6.41. The fraction of sp³-hybridized carbons (Fsp3) is 0.250. The molecule has 0 unspecified atom stereocenters. The highest BCUT2D eigenvalue weighted by molar-refractivity contribution is 5.96. The molecule has 4 rings (SSSR count). The average Bonchev–Trinajstić information content (AvgIpc) is 2.68. The summed E-state index contributed by atoms with van der Waals surface area (Å²) in [7, 11) is 0. The number of hydrogen-bond donors (Lipinski definition) is 0. The van der Waals surface area contributed by atoms with Crippen LogP contribution < -0.4 is 9.47 Å². The lowest BCUT2D eigenvalue weighted by Crippen LogP contribution is -2.34. The van der Waals surface area contributed by atoms with Crippen LogP contribution in [0.15, 0.2) is 67.3 Å². The van der Waals surface area contributed by atoms with Gasteiger partial charge in [0.15, 0.2) is 0 Å². The Balaban J connectivity index is 1.81. The zero-order chi connectivity index (χ0) is 18.1. The molecule has 0 spiro atoms. The molecule has 1 aliphatic rings. The van der Waals surface area contributed by atoms with E-state index in [2.05, 4.69) is 56.8 Å². The number of fused-ring (bicyclic) bond motifs is 3. The van der Waals surface area contributed by atoms with Crippen LogP contribution in [0, 0.1) is 6.92 Å². The molecule has 0 aromatic heterocycles. The number of rotatable bonds is 4. The van der Waals surface area contributed by atoms with Gasteiger partial charge < -0.3 is 9.47 Å². The number of benzene rings is 3. The molecule has 0 saturated carbocycles. The summed E-state index contributed by atoms with van der Waals surface area (Å²) in [5, 5.41) is 2.22. The fourth-order valence-electron chi connectivity index (χ4n) is 3.69. The Kier molecular flexibility index (Phi) is 4.20. The quantitative estimate of drug-likeness (QED) is 0.541. The largest absolute Gasteiger partial charge is 0.488 e.